The monoisotopic (exact) mass is 460 g/mol. The number of halogens is 2. The summed E-state index contributed by atoms with van der Waals surface area (Å²) in [5, 5.41) is 8.71. The van der Waals surface area contributed by atoms with Crippen molar-refractivity contribution in [2.45, 2.75) is 32.7 Å². The van der Waals surface area contributed by atoms with Crippen LogP contribution >= 0.6 is 23.2 Å². The molecule has 2 aliphatic rings. The summed E-state index contributed by atoms with van der Waals surface area (Å²) in [7, 11) is 0. The van der Waals surface area contributed by atoms with Gasteiger partial charge >= 0.3 is 0 Å². The Kier molecular flexibility index (Phi) is 5.07. The third-order valence-electron chi connectivity index (χ3n) is 6.60. The van der Waals surface area contributed by atoms with Crippen molar-refractivity contribution in [3.63, 3.8) is 0 Å². The lowest BCUT2D eigenvalue weighted by Gasteiger charge is -2.34. The maximum atomic E-state index is 13.5. The molecule has 162 valence electrons. The van der Waals surface area contributed by atoms with E-state index in [9.17, 15) is 9.59 Å². The molecule has 31 heavy (non-hydrogen) atoms. The van der Waals surface area contributed by atoms with Crippen LogP contribution in [0.15, 0.2) is 17.1 Å². The Morgan fingerprint density at radius 1 is 1.32 bits per heavy atom. The number of nitrogens with zero attached hydrogens (tertiary/aromatic N) is 2. The summed E-state index contributed by atoms with van der Waals surface area (Å²) in [6.45, 7) is 5.90. The number of nitrogens with one attached hydrogen (secondary N) is 2. The maximum Gasteiger partial charge on any atom is 0.256 e. The van der Waals surface area contributed by atoms with Crippen molar-refractivity contribution in [3.05, 3.63) is 60.6 Å². The molecule has 1 unspecified atom stereocenters. The number of pyridine rings is 1. The predicted molar refractivity (Wildman–Crippen MR) is 119 cm³/mol. The van der Waals surface area contributed by atoms with Crippen LogP contribution in [0.3, 0.4) is 0 Å². The van der Waals surface area contributed by atoms with Gasteiger partial charge in [-0.2, -0.15) is 5.10 Å². The molecule has 0 radical (unpaired) electrons. The molecule has 2 N–H and O–H groups in total. The zero-order chi connectivity index (χ0) is 21.9. The molecule has 1 fully saturated rings. The first kappa shape index (κ1) is 20.5. The third kappa shape index (κ3) is 3.26. The lowest BCUT2D eigenvalue weighted by molar-refractivity contribution is -0.0423. The number of aromatic nitrogens is 3. The number of hydrogen-bond donors (Lipinski definition) is 2. The molecule has 1 amide bonds. The van der Waals surface area contributed by atoms with Crippen LogP contribution < -0.4 is 5.56 Å². The lowest BCUT2D eigenvalue weighted by atomic mass is 9.84. The van der Waals surface area contributed by atoms with Gasteiger partial charge in [0.1, 0.15) is 0 Å². The maximum absolute atomic E-state index is 13.5. The molecule has 9 heteroatoms. The molecule has 0 bridgehead atoms. The van der Waals surface area contributed by atoms with Crippen LogP contribution in [0, 0.1) is 12.8 Å². The fraction of sp³-hybridized carbons (Fsp3) is 0.409. The van der Waals surface area contributed by atoms with Gasteiger partial charge in [-0.25, -0.2) is 0 Å². The second-order valence-corrected chi connectivity index (χ2v) is 9.18. The van der Waals surface area contributed by atoms with Gasteiger partial charge in [-0.05, 0) is 36.5 Å². The van der Waals surface area contributed by atoms with Crippen molar-refractivity contribution < 1.29 is 9.53 Å². The number of ether oxygens (including phenoxy) is 1. The summed E-state index contributed by atoms with van der Waals surface area (Å²) >= 11 is 13.4. The number of hydrogen-bond acceptors (Lipinski definition) is 4. The Hall–Kier alpha value is -2.35. The van der Waals surface area contributed by atoms with Gasteiger partial charge in [-0.15, -0.1) is 0 Å². The summed E-state index contributed by atoms with van der Waals surface area (Å²) in [6, 6.07) is 1.90. The fourth-order valence-corrected chi connectivity index (χ4v) is 5.24. The minimum Gasteiger partial charge on any atom is -0.381 e. The summed E-state index contributed by atoms with van der Waals surface area (Å²) in [4.78, 5) is 30.7. The molecular weight excluding hydrogens is 439 g/mol. The van der Waals surface area contributed by atoms with E-state index in [1.165, 1.54) is 0 Å². The van der Waals surface area contributed by atoms with Crippen molar-refractivity contribution in [1.82, 2.24) is 20.1 Å². The zero-order valence-corrected chi connectivity index (χ0v) is 18.7. The molecule has 2 aliphatic heterocycles. The van der Waals surface area contributed by atoms with Crippen molar-refractivity contribution in [2.75, 3.05) is 19.8 Å². The number of aromatic amines is 2. The standard InChI is InChI=1S/C22H22Cl2N4O3/c1-10(12-8-31-9-12)14-5-17(23)13-3-4-28(22(30)18(13)19(14)24)7-16-15-6-25-27-20(15)11(2)26-21(16)29/h5-6,10,12H,3-4,7-9H2,1-2H3,(H,25,27)(H,26,29). The second kappa shape index (κ2) is 7.65. The van der Waals surface area contributed by atoms with Crippen molar-refractivity contribution >= 4 is 40.0 Å². The molecule has 5 rings (SSSR count). The Balaban J connectivity index is 1.53. The molecule has 1 saturated heterocycles. The molecule has 3 aromatic rings. The minimum atomic E-state index is -0.221. The highest BCUT2D eigenvalue weighted by atomic mass is 35.5. The van der Waals surface area contributed by atoms with E-state index in [0.29, 0.717) is 59.0 Å². The van der Waals surface area contributed by atoms with Crippen LogP contribution in [-0.4, -0.2) is 45.7 Å². The Morgan fingerprint density at radius 2 is 2.10 bits per heavy atom. The van der Waals surface area contributed by atoms with E-state index >= 15 is 0 Å². The van der Waals surface area contributed by atoms with Gasteiger partial charge in [-0.1, -0.05) is 30.1 Å². The Labute approximate surface area is 188 Å². The first-order chi connectivity index (χ1) is 14.9. The van der Waals surface area contributed by atoms with Crippen LogP contribution in [0.1, 0.15) is 45.6 Å². The highest BCUT2D eigenvalue weighted by molar-refractivity contribution is 6.37. The molecule has 4 heterocycles. The molecule has 1 aromatic carbocycles. The van der Waals surface area contributed by atoms with E-state index in [2.05, 4.69) is 22.1 Å². The van der Waals surface area contributed by atoms with Crippen LogP contribution in [0.25, 0.3) is 10.9 Å². The summed E-state index contributed by atoms with van der Waals surface area (Å²) in [5.74, 6) is 0.295. The molecule has 0 aliphatic carbocycles. The minimum absolute atomic E-state index is 0.137. The Bertz CT molecular complexity index is 1260. The van der Waals surface area contributed by atoms with E-state index in [0.717, 1.165) is 22.0 Å². The first-order valence-corrected chi connectivity index (χ1v) is 11.0. The van der Waals surface area contributed by atoms with Crippen LogP contribution in [0.2, 0.25) is 10.0 Å². The average Bonchev–Trinajstić information content (AvgIpc) is 3.17. The van der Waals surface area contributed by atoms with Crippen LogP contribution in [0.5, 0.6) is 0 Å². The topological polar surface area (TPSA) is 91.1 Å². The van der Waals surface area contributed by atoms with E-state index in [-0.39, 0.29) is 23.9 Å². The van der Waals surface area contributed by atoms with Gasteiger partial charge in [-0.3, -0.25) is 14.7 Å². The van der Waals surface area contributed by atoms with Crippen molar-refractivity contribution in [2.24, 2.45) is 5.92 Å². The number of benzene rings is 1. The van der Waals surface area contributed by atoms with Gasteiger partial charge in [0.2, 0.25) is 0 Å². The quantitative estimate of drug-likeness (QED) is 0.618. The van der Waals surface area contributed by atoms with Gasteiger partial charge in [0, 0.05) is 34.1 Å². The molecule has 2 aromatic heterocycles. The zero-order valence-electron chi connectivity index (χ0n) is 17.2. The van der Waals surface area contributed by atoms with E-state index in [1.54, 1.807) is 11.1 Å². The van der Waals surface area contributed by atoms with Gasteiger partial charge < -0.3 is 14.6 Å². The SMILES string of the molecule is Cc1[nH]c(=O)c(CN2CCc3c(Cl)cc(C(C)C4COC4)c(Cl)c3C2=O)c2cn[nH]c12. The number of H-pyrrole nitrogens is 2. The summed E-state index contributed by atoms with van der Waals surface area (Å²) in [6.07, 6.45) is 2.21. The van der Waals surface area contributed by atoms with Crippen LogP contribution in [-0.2, 0) is 17.7 Å². The van der Waals surface area contributed by atoms with E-state index < -0.39 is 0 Å². The smallest absolute Gasteiger partial charge is 0.256 e. The first-order valence-electron chi connectivity index (χ1n) is 10.3. The Morgan fingerprint density at radius 3 is 2.81 bits per heavy atom. The molecule has 0 saturated carbocycles. The molecular formula is C22H22Cl2N4O3. The number of fused-ring (bicyclic) bond motifs is 2. The number of aryl methyl sites for hydroxylation is 1. The predicted octanol–water partition coefficient (Wildman–Crippen LogP) is 3.81. The van der Waals surface area contributed by atoms with Crippen molar-refractivity contribution in [3.8, 4) is 0 Å². The number of carbonyl (C=O) groups excluding carboxylic acids is 1. The number of rotatable bonds is 4. The van der Waals surface area contributed by atoms with Crippen LogP contribution in [0.4, 0.5) is 0 Å². The molecule has 0 spiro atoms. The summed E-state index contributed by atoms with van der Waals surface area (Å²) < 4.78 is 5.32. The van der Waals surface area contributed by atoms with E-state index in [1.807, 2.05) is 13.0 Å². The highest BCUT2D eigenvalue weighted by Crippen LogP contribution is 2.41. The van der Waals surface area contributed by atoms with Gasteiger partial charge in [0.15, 0.2) is 0 Å². The number of amides is 1. The number of carbonyl (C=O) groups is 1. The average molecular weight is 461 g/mol. The molecule has 1 atom stereocenters. The largest absolute Gasteiger partial charge is 0.381 e. The fourth-order valence-electron chi connectivity index (χ4n) is 4.51. The second-order valence-electron chi connectivity index (χ2n) is 8.39. The normalized spacial score (nSPS) is 17.7. The highest BCUT2D eigenvalue weighted by Gasteiger charge is 2.34. The molecule has 7 nitrogen and oxygen atoms in total. The summed E-state index contributed by atoms with van der Waals surface area (Å²) in [5.41, 5.74) is 3.86. The lowest BCUT2D eigenvalue weighted by Crippen LogP contribution is -2.39. The van der Waals surface area contributed by atoms with Crippen molar-refractivity contribution in [1.29, 1.82) is 0 Å². The van der Waals surface area contributed by atoms with Gasteiger partial charge in [0.25, 0.3) is 11.5 Å². The van der Waals surface area contributed by atoms with E-state index in [4.69, 9.17) is 27.9 Å². The third-order valence-corrected chi connectivity index (χ3v) is 7.35. The van der Waals surface area contributed by atoms with Gasteiger partial charge in [0.05, 0.1) is 42.1 Å².